The smallest absolute Gasteiger partial charge is 0.235 e. The summed E-state index contributed by atoms with van der Waals surface area (Å²) in [4.78, 5) is 0. The molecule has 0 fully saturated rings. The first-order chi connectivity index (χ1) is 14.3. The second-order valence-corrected chi connectivity index (χ2v) is 9.10. The van der Waals surface area contributed by atoms with Crippen LogP contribution in [0.3, 0.4) is 0 Å². The number of nitrogens with zero attached hydrogens (tertiary/aromatic N) is 2. The molecule has 0 radical (unpaired) electrons. The standard InChI is InChI=1S/C27H53N2/c1-4-7-9-11-13-14-15-16-17-18-20-22-24-29-26-25-28(6-3)27(29)23-21-19-12-10-8-5-2/h25-26H,4-24H2,1-3H3/q+1. The summed E-state index contributed by atoms with van der Waals surface area (Å²) in [5.41, 5.74) is 0. The molecule has 0 saturated carbocycles. The van der Waals surface area contributed by atoms with Crippen LogP contribution >= 0.6 is 0 Å². The van der Waals surface area contributed by atoms with Crippen LogP contribution in [0.15, 0.2) is 12.4 Å². The topological polar surface area (TPSA) is 8.81 Å². The fourth-order valence-corrected chi connectivity index (χ4v) is 4.46. The Hall–Kier alpha value is -0.790. The van der Waals surface area contributed by atoms with E-state index >= 15 is 0 Å². The zero-order valence-corrected chi connectivity index (χ0v) is 20.4. The van der Waals surface area contributed by atoms with E-state index in [4.69, 9.17) is 0 Å². The predicted molar refractivity (Wildman–Crippen MR) is 128 cm³/mol. The molecule has 1 aromatic rings. The van der Waals surface area contributed by atoms with Crippen molar-refractivity contribution in [1.29, 1.82) is 0 Å². The van der Waals surface area contributed by atoms with Gasteiger partial charge in [0.1, 0.15) is 12.4 Å². The van der Waals surface area contributed by atoms with Crippen molar-refractivity contribution in [3.05, 3.63) is 18.2 Å². The van der Waals surface area contributed by atoms with Gasteiger partial charge in [0.2, 0.25) is 0 Å². The molecule has 0 aromatic carbocycles. The van der Waals surface area contributed by atoms with E-state index in [1.165, 1.54) is 129 Å². The lowest BCUT2D eigenvalue weighted by Crippen LogP contribution is -2.37. The number of aryl methyl sites for hydroxylation is 2. The highest BCUT2D eigenvalue weighted by molar-refractivity contribution is 4.83. The van der Waals surface area contributed by atoms with Crippen LogP contribution in [0.2, 0.25) is 0 Å². The maximum absolute atomic E-state index is 2.55. The monoisotopic (exact) mass is 405 g/mol. The molecule has 170 valence electrons. The Balaban J connectivity index is 2.09. The van der Waals surface area contributed by atoms with Crippen molar-refractivity contribution in [2.24, 2.45) is 0 Å². The van der Waals surface area contributed by atoms with Gasteiger partial charge in [-0.1, -0.05) is 110 Å². The van der Waals surface area contributed by atoms with Gasteiger partial charge in [-0.25, -0.2) is 9.13 Å². The summed E-state index contributed by atoms with van der Waals surface area (Å²) in [5.74, 6) is 1.56. The van der Waals surface area contributed by atoms with E-state index in [0.29, 0.717) is 0 Å². The average Bonchev–Trinajstić information content (AvgIpc) is 3.13. The summed E-state index contributed by atoms with van der Waals surface area (Å²) >= 11 is 0. The van der Waals surface area contributed by atoms with E-state index in [1.54, 1.807) is 5.82 Å². The molecular weight excluding hydrogens is 352 g/mol. The minimum atomic E-state index is 1.11. The second kappa shape index (κ2) is 19.2. The number of imidazole rings is 1. The Morgan fingerprint density at radius 3 is 1.52 bits per heavy atom. The third-order valence-corrected chi connectivity index (χ3v) is 6.44. The van der Waals surface area contributed by atoms with Crippen LogP contribution in [0.5, 0.6) is 0 Å². The zero-order valence-electron chi connectivity index (χ0n) is 20.4. The summed E-state index contributed by atoms with van der Waals surface area (Å²) in [6, 6.07) is 0. The number of hydrogen-bond acceptors (Lipinski definition) is 0. The van der Waals surface area contributed by atoms with Gasteiger partial charge in [-0.05, 0) is 26.2 Å². The van der Waals surface area contributed by atoms with Gasteiger partial charge >= 0.3 is 0 Å². The molecule has 0 unspecified atom stereocenters. The second-order valence-electron chi connectivity index (χ2n) is 9.10. The highest BCUT2D eigenvalue weighted by atomic mass is 15.1. The molecule has 29 heavy (non-hydrogen) atoms. The zero-order chi connectivity index (χ0) is 21.0. The Bertz CT molecular complexity index is 463. The molecule has 0 aliphatic heterocycles. The molecular formula is C27H53N2+. The molecule has 0 aliphatic carbocycles. The number of rotatable bonds is 21. The van der Waals surface area contributed by atoms with Crippen molar-refractivity contribution in [2.75, 3.05) is 0 Å². The fraction of sp³-hybridized carbons (Fsp3) is 0.889. The Morgan fingerprint density at radius 1 is 0.586 bits per heavy atom. The van der Waals surface area contributed by atoms with Crippen LogP contribution in [0.1, 0.15) is 142 Å². The van der Waals surface area contributed by atoms with Crippen LogP contribution in [0.4, 0.5) is 0 Å². The molecule has 0 N–H and O–H groups in total. The van der Waals surface area contributed by atoms with E-state index < -0.39 is 0 Å². The third kappa shape index (κ3) is 13.2. The SMILES string of the molecule is CCCCCCCCCCCCCC[n+]1ccn(CC)c1CCCCCCCC. The lowest BCUT2D eigenvalue weighted by molar-refractivity contribution is -0.704. The number of aromatic nitrogens is 2. The van der Waals surface area contributed by atoms with Gasteiger partial charge in [0.05, 0.1) is 13.1 Å². The van der Waals surface area contributed by atoms with Crippen molar-refractivity contribution in [1.82, 2.24) is 4.57 Å². The summed E-state index contributed by atoms with van der Waals surface area (Å²) in [6.45, 7) is 9.20. The van der Waals surface area contributed by atoms with Gasteiger partial charge in [0.15, 0.2) is 0 Å². The molecule has 2 nitrogen and oxygen atoms in total. The molecule has 1 heterocycles. The molecule has 0 bridgehead atoms. The Kier molecular flexibility index (Phi) is 17.4. The molecule has 0 saturated heterocycles. The molecule has 0 amide bonds. The highest BCUT2D eigenvalue weighted by Crippen LogP contribution is 2.12. The summed E-state index contributed by atoms with van der Waals surface area (Å²) in [6.07, 6.45) is 31.4. The molecule has 2 heteroatoms. The third-order valence-electron chi connectivity index (χ3n) is 6.44. The quantitative estimate of drug-likeness (QED) is 0.143. The Morgan fingerprint density at radius 2 is 1.03 bits per heavy atom. The van der Waals surface area contributed by atoms with Gasteiger partial charge in [-0.3, -0.25) is 0 Å². The first-order valence-corrected chi connectivity index (χ1v) is 13.4. The lowest BCUT2D eigenvalue weighted by Gasteiger charge is -2.05. The van der Waals surface area contributed by atoms with Crippen molar-refractivity contribution >= 4 is 0 Å². The van der Waals surface area contributed by atoms with Gasteiger partial charge in [0.25, 0.3) is 5.82 Å². The summed E-state index contributed by atoms with van der Waals surface area (Å²) in [7, 11) is 0. The van der Waals surface area contributed by atoms with Crippen LogP contribution < -0.4 is 4.57 Å². The van der Waals surface area contributed by atoms with E-state index in [-0.39, 0.29) is 0 Å². The van der Waals surface area contributed by atoms with Crippen LogP contribution in [-0.4, -0.2) is 4.57 Å². The molecule has 0 aliphatic rings. The molecule has 0 spiro atoms. The minimum Gasteiger partial charge on any atom is -0.235 e. The van der Waals surface area contributed by atoms with Gasteiger partial charge in [0, 0.05) is 6.42 Å². The van der Waals surface area contributed by atoms with E-state index in [9.17, 15) is 0 Å². The van der Waals surface area contributed by atoms with Crippen LogP contribution in [-0.2, 0) is 19.5 Å². The largest absolute Gasteiger partial charge is 0.256 e. The van der Waals surface area contributed by atoms with Crippen LogP contribution in [0.25, 0.3) is 0 Å². The van der Waals surface area contributed by atoms with Crippen molar-refractivity contribution < 1.29 is 4.57 Å². The van der Waals surface area contributed by atoms with Crippen LogP contribution in [0, 0.1) is 0 Å². The molecule has 0 atom stereocenters. The number of hydrogen-bond donors (Lipinski definition) is 0. The van der Waals surface area contributed by atoms with Gasteiger partial charge in [-0.2, -0.15) is 0 Å². The first kappa shape index (κ1) is 26.2. The first-order valence-electron chi connectivity index (χ1n) is 13.4. The predicted octanol–water partition coefficient (Wildman–Crippen LogP) is 8.40. The summed E-state index contributed by atoms with van der Waals surface area (Å²) < 4.78 is 5.01. The van der Waals surface area contributed by atoms with Crippen molar-refractivity contribution in [3.63, 3.8) is 0 Å². The fourth-order valence-electron chi connectivity index (χ4n) is 4.46. The maximum Gasteiger partial charge on any atom is 0.256 e. The van der Waals surface area contributed by atoms with E-state index in [0.717, 1.165) is 6.54 Å². The molecule has 1 rings (SSSR count). The van der Waals surface area contributed by atoms with E-state index in [1.807, 2.05) is 0 Å². The number of unbranched alkanes of at least 4 members (excludes halogenated alkanes) is 16. The lowest BCUT2D eigenvalue weighted by atomic mass is 10.1. The normalized spacial score (nSPS) is 11.4. The van der Waals surface area contributed by atoms with Gasteiger partial charge < -0.3 is 0 Å². The van der Waals surface area contributed by atoms with Crippen molar-refractivity contribution in [3.8, 4) is 0 Å². The van der Waals surface area contributed by atoms with Gasteiger partial charge in [-0.15, -0.1) is 0 Å². The summed E-state index contributed by atoms with van der Waals surface area (Å²) in [5, 5.41) is 0. The van der Waals surface area contributed by atoms with E-state index in [2.05, 4.69) is 42.3 Å². The molecule has 1 aromatic heterocycles. The van der Waals surface area contributed by atoms with Crippen molar-refractivity contribution in [2.45, 2.75) is 156 Å². The Labute approximate surface area is 183 Å². The highest BCUT2D eigenvalue weighted by Gasteiger charge is 2.15. The minimum absolute atomic E-state index is 1.11. The maximum atomic E-state index is 2.55. The average molecular weight is 406 g/mol.